The summed E-state index contributed by atoms with van der Waals surface area (Å²) in [7, 11) is 0. The van der Waals surface area contributed by atoms with Crippen molar-refractivity contribution in [3.8, 4) is 0 Å². The van der Waals surface area contributed by atoms with E-state index in [4.69, 9.17) is 10.9 Å². The summed E-state index contributed by atoms with van der Waals surface area (Å²) in [5, 5.41) is 8.94. The summed E-state index contributed by atoms with van der Waals surface area (Å²) < 4.78 is 0. The molecule has 0 amide bonds. The number of anilines is 2. The van der Waals surface area contributed by atoms with Gasteiger partial charge in [-0.05, 0) is 13.8 Å². The highest BCUT2D eigenvalue weighted by atomic mass is 16.3. The lowest BCUT2D eigenvalue weighted by atomic mass is 10.3. The van der Waals surface area contributed by atoms with Gasteiger partial charge in [-0.25, -0.2) is 10.8 Å². The van der Waals surface area contributed by atoms with Gasteiger partial charge in [0.1, 0.15) is 5.82 Å². The van der Waals surface area contributed by atoms with E-state index in [2.05, 4.69) is 15.4 Å². The van der Waals surface area contributed by atoms with Crippen LogP contribution < -0.4 is 16.2 Å². The molecule has 1 aromatic heterocycles. The first-order valence-electron chi connectivity index (χ1n) is 4.85. The number of hydrogen-bond acceptors (Lipinski definition) is 6. The largest absolute Gasteiger partial charge is 0.395 e. The Morgan fingerprint density at radius 2 is 2.27 bits per heavy atom. The van der Waals surface area contributed by atoms with Crippen molar-refractivity contribution in [2.75, 3.05) is 23.5 Å². The van der Waals surface area contributed by atoms with Gasteiger partial charge in [0.15, 0.2) is 5.82 Å². The molecule has 6 heteroatoms. The number of aliphatic hydroxyl groups is 1. The number of hydrazine groups is 1. The van der Waals surface area contributed by atoms with Crippen LogP contribution in [0.15, 0.2) is 12.4 Å². The van der Waals surface area contributed by atoms with Gasteiger partial charge in [-0.3, -0.25) is 4.98 Å². The molecule has 6 nitrogen and oxygen atoms in total. The molecule has 1 heterocycles. The summed E-state index contributed by atoms with van der Waals surface area (Å²) in [6, 6.07) is 0.250. The highest BCUT2D eigenvalue weighted by Gasteiger charge is 2.11. The van der Waals surface area contributed by atoms with E-state index in [9.17, 15) is 0 Å². The SMILES string of the molecule is CC(C)N(CCO)c1cncc(NN)n1. The molecule has 84 valence electrons. The zero-order valence-corrected chi connectivity index (χ0v) is 9.01. The van der Waals surface area contributed by atoms with Crippen LogP contribution in [0, 0.1) is 0 Å². The molecule has 1 aromatic rings. The van der Waals surface area contributed by atoms with E-state index in [1.807, 2.05) is 18.7 Å². The predicted octanol–water partition coefficient (Wildman–Crippen LogP) is -0.0307. The summed E-state index contributed by atoms with van der Waals surface area (Å²) >= 11 is 0. The maximum Gasteiger partial charge on any atom is 0.160 e. The van der Waals surface area contributed by atoms with Crippen molar-refractivity contribution in [2.24, 2.45) is 5.84 Å². The van der Waals surface area contributed by atoms with E-state index in [0.717, 1.165) is 0 Å². The van der Waals surface area contributed by atoms with Crippen LogP contribution in [0.1, 0.15) is 13.8 Å². The van der Waals surface area contributed by atoms with Crippen molar-refractivity contribution in [1.82, 2.24) is 9.97 Å². The van der Waals surface area contributed by atoms with E-state index in [0.29, 0.717) is 18.2 Å². The number of nitrogens with two attached hydrogens (primary N) is 1. The highest BCUT2D eigenvalue weighted by Crippen LogP contribution is 2.14. The zero-order chi connectivity index (χ0) is 11.3. The van der Waals surface area contributed by atoms with Gasteiger partial charge in [0, 0.05) is 12.6 Å². The molecule has 4 N–H and O–H groups in total. The molecule has 0 aromatic carbocycles. The molecule has 0 fully saturated rings. The smallest absolute Gasteiger partial charge is 0.160 e. The van der Waals surface area contributed by atoms with Gasteiger partial charge in [-0.1, -0.05) is 0 Å². The van der Waals surface area contributed by atoms with Crippen molar-refractivity contribution < 1.29 is 5.11 Å². The molecule has 0 bridgehead atoms. The van der Waals surface area contributed by atoms with Crippen LogP contribution in [0.4, 0.5) is 11.6 Å². The van der Waals surface area contributed by atoms with Gasteiger partial charge in [0.25, 0.3) is 0 Å². The third-order valence-corrected chi connectivity index (χ3v) is 2.03. The Balaban J connectivity index is 2.89. The Bertz CT molecular complexity index is 304. The quantitative estimate of drug-likeness (QED) is 0.468. The van der Waals surface area contributed by atoms with Gasteiger partial charge in [-0.2, -0.15) is 0 Å². The molecule has 0 saturated heterocycles. The van der Waals surface area contributed by atoms with E-state index < -0.39 is 0 Å². The second-order valence-corrected chi connectivity index (χ2v) is 3.42. The van der Waals surface area contributed by atoms with Crippen LogP contribution >= 0.6 is 0 Å². The van der Waals surface area contributed by atoms with E-state index in [-0.39, 0.29) is 12.6 Å². The van der Waals surface area contributed by atoms with Gasteiger partial charge >= 0.3 is 0 Å². The van der Waals surface area contributed by atoms with Crippen LogP contribution in [0.5, 0.6) is 0 Å². The second-order valence-electron chi connectivity index (χ2n) is 3.42. The fourth-order valence-electron chi connectivity index (χ4n) is 1.31. The van der Waals surface area contributed by atoms with Gasteiger partial charge in [-0.15, -0.1) is 0 Å². The lowest BCUT2D eigenvalue weighted by Crippen LogP contribution is -2.34. The standard InChI is InChI=1S/C9H17N5O/c1-7(2)14(3-4-15)9-6-11-5-8(12-9)13-10/h5-7,15H,3-4,10H2,1-2H3,(H,12,13). The summed E-state index contributed by atoms with van der Waals surface area (Å²) in [5.74, 6) is 6.46. The molecular formula is C9H17N5O. The van der Waals surface area contributed by atoms with Crippen molar-refractivity contribution in [2.45, 2.75) is 19.9 Å². The lowest BCUT2D eigenvalue weighted by Gasteiger charge is -2.26. The van der Waals surface area contributed by atoms with Gasteiger partial charge in [0.2, 0.25) is 0 Å². The second kappa shape index (κ2) is 5.47. The molecule has 0 aliphatic heterocycles. The van der Waals surface area contributed by atoms with Crippen LogP contribution in [-0.2, 0) is 0 Å². The van der Waals surface area contributed by atoms with Crippen molar-refractivity contribution in [1.29, 1.82) is 0 Å². The third kappa shape index (κ3) is 3.03. The number of rotatable bonds is 5. The minimum Gasteiger partial charge on any atom is -0.395 e. The third-order valence-electron chi connectivity index (χ3n) is 2.03. The maximum absolute atomic E-state index is 8.94. The Morgan fingerprint density at radius 3 is 2.80 bits per heavy atom. The molecule has 0 atom stereocenters. The Morgan fingerprint density at radius 1 is 1.53 bits per heavy atom. The highest BCUT2D eigenvalue weighted by molar-refractivity contribution is 5.43. The maximum atomic E-state index is 8.94. The molecule has 0 spiro atoms. The van der Waals surface area contributed by atoms with E-state index >= 15 is 0 Å². The number of aliphatic hydroxyl groups excluding tert-OH is 1. The summed E-state index contributed by atoms with van der Waals surface area (Å²) in [6.07, 6.45) is 3.19. The number of nitrogens with one attached hydrogen (secondary N) is 1. The average molecular weight is 211 g/mol. The molecule has 0 radical (unpaired) electrons. The Kier molecular flexibility index (Phi) is 4.26. The average Bonchev–Trinajstić information content (AvgIpc) is 2.25. The van der Waals surface area contributed by atoms with Crippen molar-refractivity contribution in [3.05, 3.63) is 12.4 Å². The monoisotopic (exact) mass is 211 g/mol. The first kappa shape index (κ1) is 11.7. The first-order valence-corrected chi connectivity index (χ1v) is 4.85. The number of nitrogen functional groups attached to an aromatic ring is 1. The molecule has 0 saturated carbocycles. The molecule has 15 heavy (non-hydrogen) atoms. The van der Waals surface area contributed by atoms with Crippen LogP contribution in [-0.4, -0.2) is 34.3 Å². The molecule has 0 unspecified atom stereocenters. The fraction of sp³-hybridized carbons (Fsp3) is 0.556. The topological polar surface area (TPSA) is 87.3 Å². The molecular weight excluding hydrogens is 194 g/mol. The summed E-state index contributed by atoms with van der Waals surface area (Å²) in [4.78, 5) is 10.2. The predicted molar refractivity (Wildman–Crippen MR) is 59.4 cm³/mol. The van der Waals surface area contributed by atoms with Gasteiger partial charge in [0.05, 0.1) is 19.0 Å². The van der Waals surface area contributed by atoms with Crippen molar-refractivity contribution >= 4 is 11.6 Å². The zero-order valence-electron chi connectivity index (χ0n) is 9.01. The summed E-state index contributed by atoms with van der Waals surface area (Å²) in [5.41, 5.74) is 2.44. The van der Waals surface area contributed by atoms with E-state index in [1.165, 1.54) is 0 Å². The normalized spacial score (nSPS) is 10.5. The number of nitrogens with zero attached hydrogens (tertiary/aromatic N) is 3. The van der Waals surface area contributed by atoms with Crippen molar-refractivity contribution in [3.63, 3.8) is 0 Å². The van der Waals surface area contributed by atoms with E-state index in [1.54, 1.807) is 12.4 Å². The fourth-order valence-corrected chi connectivity index (χ4v) is 1.31. The van der Waals surface area contributed by atoms with Gasteiger partial charge < -0.3 is 15.4 Å². The van der Waals surface area contributed by atoms with Crippen LogP contribution in [0.25, 0.3) is 0 Å². The Hall–Kier alpha value is -1.40. The number of hydrogen-bond donors (Lipinski definition) is 3. The van der Waals surface area contributed by atoms with Crippen LogP contribution in [0.2, 0.25) is 0 Å². The lowest BCUT2D eigenvalue weighted by molar-refractivity contribution is 0.298. The minimum atomic E-state index is 0.0835. The molecule has 1 rings (SSSR count). The van der Waals surface area contributed by atoms with Crippen LogP contribution in [0.3, 0.4) is 0 Å². The summed E-state index contributed by atoms with van der Waals surface area (Å²) in [6.45, 7) is 4.67. The Labute approximate surface area is 89.1 Å². The molecule has 0 aliphatic carbocycles. The first-order chi connectivity index (χ1) is 7.19. The molecule has 0 aliphatic rings. The number of aromatic nitrogens is 2. The minimum absolute atomic E-state index is 0.0835.